The fourth-order valence-electron chi connectivity index (χ4n) is 2.93. The van der Waals surface area contributed by atoms with Crippen LogP contribution in [0.25, 0.3) is 0 Å². The molecule has 26 heavy (non-hydrogen) atoms. The number of hydrogen-bond donors (Lipinski definition) is 2. The van der Waals surface area contributed by atoms with Crippen LogP contribution in [0, 0.1) is 0 Å². The van der Waals surface area contributed by atoms with E-state index in [4.69, 9.17) is 23.2 Å². The summed E-state index contributed by atoms with van der Waals surface area (Å²) in [5.41, 5.74) is 1.38. The number of amides is 2. The third-order valence-electron chi connectivity index (χ3n) is 4.14. The predicted octanol–water partition coefficient (Wildman–Crippen LogP) is 3.69. The standard InChI is InChI=1S/C18H18Cl2N4O2/c1-2-9-21-17(25)15-13-8-3-4-10-24(13)16(22-15)18(26)23-14-11(19)6-5-7-12(14)20/h2,5-7H,1,3-4,8-10H2,(H,21,25)(H,23,26). The molecule has 0 fully saturated rings. The molecule has 1 aromatic carbocycles. The molecular weight excluding hydrogens is 375 g/mol. The first-order valence-electron chi connectivity index (χ1n) is 8.26. The smallest absolute Gasteiger partial charge is 0.291 e. The fourth-order valence-corrected chi connectivity index (χ4v) is 3.43. The van der Waals surface area contributed by atoms with Gasteiger partial charge in [-0.2, -0.15) is 0 Å². The van der Waals surface area contributed by atoms with Crippen molar-refractivity contribution in [2.75, 3.05) is 11.9 Å². The van der Waals surface area contributed by atoms with Gasteiger partial charge in [0.15, 0.2) is 5.82 Å². The molecule has 6 nitrogen and oxygen atoms in total. The van der Waals surface area contributed by atoms with E-state index in [1.54, 1.807) is 28.8 Å². The SMILES string of the molecule is C=CCNC(=O)c1nc(C(=O)Nc2c(Cl)cccc2Cl)n2c1CCCC2. The van der Waals surface area contributed by atoms with Crippen LogP contribution < -0.4 is 10.6 Å². The van der Waals surface area contributed by atoms with Gasteiger partial charge in [0.25, 0.3) is 11.8 Å². The van der Waals surface area contributed by atoms with E-state index in [0.717, 1.165) is 18.5 Å². The molecule has 0 aliphatic carbocycles. The van der Waals surface area contributed by atoms with Crippen molar-refractivity contribution in [3.63, 3.8) is 0 Å². The van der Waals surface area contributed by atoms with Crippen LogP contribution >= 0.6 is 23.2 Å². The number of aromatic nitrogens is 2. The number of carbonyl (C=O) groups is 2. The Balaban J connectivity index is 1.94. The highest BCUT2D eigenvalue weighted by atomic mass is 35.5. The van der Waals surface area contributed by atoms with Crippen LogP contribution in [0.2, 0.25) is 10.0 Å². The van der Waals surface area contributed by atoms with E-state index in [9.17, 15) is 9.59 Å². The highest BCUT2D eigenvalue weighted by Gasteiger charge is 2.27. The molecular formula is C18H18Cl2N4O2. The van der Waals surface area contributed by atoms with Gasteiger partial charge in [0.1, 0.15) is 5.69 Å². The lowest BCUT2D eigenvalue weighted by atomic mass is 10.1. The third kappa shape index (κ3) is 3.61. The highest BCUT2D eigenvalue weighted by Crippen LogP contribution is 2.30. The number of imidazole rings is 1. The molecule has 0 spiro atoms. The molecule has 0 radical (unpaired) electrons. The maximum atomic E-state index is 12.8. The van der Waals surface area contributed by atoms with Crippen molar-refractivity contribution in [3.05, 3.63) is 58.1 Å². The van der Waals surface area contributed by atoms with Crippen molar-refractivity contribution in [2.45, 2.75) is 25.8 Å². The van der Waals surface area contributed by atoms with Crippen LogP contribution in [0.5, 0.6) is 0 Å². The first-order valence-corrected chi connectivity index (χ1v) is 9.02. The summed E-state index contributed by atoms with van der Waals surface area (Å²) >= 11 is 12.2. The summed E-state index contributed by atoms with van der Waals surface area (Å²) in [6, 6.07) is 4.97. The Morgan fingerprint density at radius 2 is 1.96 bits per heavy atom. The summed E-state index contributed by atoms with van der Waals surface area (Å²) < 4.78 is 1.80. The average molecular weight is 393 g/mol. The molecule has 0 atom stereocenters. The number of rotatable bonds is 5. The van der Waals surface area contributed by atoms with Gasteiger partial charge >= 0.3 is 0 Å². The van der Waals surface area contributed by atoms with Crippen molar-refractivity contribution >= 4 is 40.7 Å². The van der Waals surface area contributed by atoms with E-state index in [2.05, 4.69) is 22.2 Å². The molecule has 2 amide bonds. The maximum absolute atomic E-state index is 12.8. The van der Waals surface area contributed by atoms with Gasteiger partial charge in [-0.3, -0.25) is 9.59 Å². The maximum Gasteiger partial charge on any atom is 0.291 e. The lowest BCUT2D eigenvalue weighted by Crippen LogP contribution is -2.25. The second-order valence-corrected chi connectivity index (χ2v) is 6.70. The van der Waals surface area contributed by atoms with Gasteiger partial charge in [-0.25, -0.2) is 4.98 Å². The van der Waals surface area contributed by atoms with Crippen LogP contribution in [0.1, 0.15) is 39.6 Å². The number of nitrogens with one attached hydrogen (secondary N) is 2. The van der Waals surface area contributed by atoms with E-state index in [1.165, 1.54) is 0 Å². The monoisotopic (exact) mass is 392 g/mol. The number of halogens is 2. The Labute approximate surface area is 161 Å². The summed E-state index contributed by atoms with van der Waals surface area (Å²) in [7, 11) is 0. The Hall–Kier alpha value is -2.31. The van der Waals surface area contributed by atoms with Crippen LogP contribution in [-0.2, 0) is 13.0 Å². The van der Waals surface area contributed by atoms with Crippen LogP contribution in [0.3, 0.4) is 0 Å². The van der Waals surface area contributed by atoms with Crippen LogP contribution in [0.15, 0.2) is 30.9 Å². The first kappa shape index (κ1) is 18.5. The quantitative estimate of drug-likeness (QED) is 0.761. The second-order valence-electron chi connectivity index (χ2n) is 5.89. The Morgan fingerprint density at radius 3 is 2.65 bits per heavy atom. The van der Waals surface area contributed by atoms with Gasteiger partial charge in [0, 0.05) is 13.1 Å². The van der Waals surface area contributed by atoms with Gasteiger partial charge < -0.3 is 15.2 Å². The van der Waals surface area contributed by atoms with Gasteiger partial charge in [0.05, 0.1) is 21.4 Å². The second kappa shape index (κ2) is 7.93. The summed E-state index contributed by atoms with van der Waals surface area (Å²) in [5, 5.41) is 6.09. The van der Waals surface area contributed by atoms with Gasteiger partial charge in [0.2, 0.25) is 0 Å². The molecule has 0 unspecified atom stereocenters. The van der Waals surface area contributed by atoms with Crippen molar-refractivity contribution in [1.29, 1.82) is 0 Å². The minimum atomic E-state index is -0.453. The van der Waals surface area contributed by atoms with Gasteiger partial charge in [-0.15, -0.1) is 6.58 Å². The molecule has 8 heteroatoms. The van der Waals surface area contributed by atoms with Crippen molar-refractivity contribution in [2.24, 2.45) is 0 Å². The zero-order valence-electron chi connectivity index (χ0n) is 14.0. The van der Waals surface area contributed by atoms with Crippen LogP contribution in [0.4, 0.5) is 5.69 Å². The molecule has 3 rings (SSSR count). The number of carbonyl (C=O) groups excluding carboxylic acids is 2. The lowest BCUT2D eigenvalue weighted by molar-refractivity contribution is 0.0952. The molecule has 2 aromatic rings. The number of fused-ring (bicyclic) bond motifs is 1. The number of para-hydroxylation sites is 1. The van der Waals surface area contributed by atoms with Crippen molar-refractivity contribution < 1.29 is 9.59 Å². The highest BCUT2D eigenvalue weighted by molar-refractivity contribution is 6.39. The van der Waals surface area contributed by atoms with E-state index in [-0.39, 0.29) is 17.4 Å². The molecule has 1 aromatic heterocycles. The average Bonchev–Trinajstić information content (AvgIpc) is 3.02. The molecule has 0 saturated heterocycles. The van der Waals surface area contributed by atoms with Crippen molar-refractivity contribution in [1.82, 2.24) is 14.9 Å². The summed E-state index contributed by atoms with van der Waals surface area (Å²) in [4.78, 5) is 29.5. The summed E-state index contributed by atoms with van der Waals surface area (Å²) in [6.07, 6.45) is 4.16. The lowest BCUT2D eigenvalue weighted by Gasteiger charge is -2.17. The number of hydrogen-bond acceptors (Lipinski definition) is 3. The number of anilines is 1. The van der Waals surface area contributed by atoms with Gasteiger partial charge in [-0.1, -0.05) is 35.3 Å². The fraction of sp³-hybridized carbons (Fsp3) is 0.278. The minimum Gasteiger partial charge on any atom is -0.347 e. The van der Waals surface area contributed by atoms with Crippen LogP contribution in [-0.4, -0.2) is 27.9 Å². The van der Waals surface area contributed by atoms with E-state index < -0.39 is 5.91 Å². The summed E-state index contributed by atoms with van der Waals surface area (Å²) in [5.74, 6) is -0.587. The molecule has 0 bridgehead atoms. The zero-order chi connectivity index (χ0) is 18.7. The largest absolute Gasteiger partial charge is 0.347 e. The molecule has 136 valence electrons. The molecule has 0 saturated carbocycles. The normalized spacial score (nSPS) is 13.0. The van der Waals surface area contributed by atoms with E-state index in [0.29, 0.717) is 35.2 Å². The van der Waals surface area contributed by atoms with Crippen molar-refractivity contribution in [3.8, 4) is 0 Å². The Bertz CT molecular complexity index is 856. The molecule has 2 N–H and O–H groups in total. The Morgan fingerprint density at radius 1 is 1.23 bits per heavy atom. The minimum absolute atomic E-state index is 0.180. The molecule has 1 aliphatic heterocycles. The predicted molar refractivity (Wildman–Crippen MR) is 102 cm³/mol. The summed E-state index contributed by atoms with van der Waals surface area (Å²) in [6.45, 7) is 4.55. The van der Waals surface area contributed by atoms with Gasteiger partial charge in [-0.05, 0) is 31.4 Å². The zero-order valence-corrected chi connectivity index (χ0v) is 15.5. The number of benzene rings is 1. The number of nitrogens with zero attached hydrogens (tertiary/aromatic N) is 2. The topological polar surface area (TPSA) is 76.0 Å². The molecule has 2 heterocycles. The molecule has 1 aliphatic rings. The third-order valence-corrected chi connectivity index (χ3v) is 4.77. The Kier molecular flexibility index (Phi) is 5.64. The van der Waals surface area contributed by atoms with E-state index >= 15 is 0 Å². The van der Waals surface area contributed by atoms with E-state index in [1.807, 2.05) is 0 Å². The first-order chi connectivity index (χ1) is 12.5.